The topological polar surface area (TPSA) is 9.23 Å². The molecule has 0 aliphatic rings. The van der Waals surface area contributed by atoms with Crippen molar-refractivity contribution in [1.29, 1.82) is 0 Å². The van der Waals surface area contributed by atoms with Gasteiger partial charge in [-0.1, -0.05) is 59.9 Å². The van der Waals surface area contributed by atoms with Crippen LogP contribution in [0.15, 0.2) is 51.4 Å². The Morgan fingerprint density at radius 1 is 1.05 bits per heavy atom. The molecular formula is C15H13Br3O. The van der Waals surface area contributed by atoms with Gasteiger partial charge in [-0.15, -0.1) is 0 Å². The normalized spacial score (nSPS) is 12.2. The Balaban J connectivity index is 2.19. The van der Waals surface area contributed by atoms with Gasteiger partial charge < -0.3 is 4.74 Å². The first kappa shape index (κ1) is 15.1. The smallest absolute Gasteiger partial charge is 0.119 e. The van der Waals surface area contributed by atoms with Crippen molar-refractivity contribution in [2.75, 3.05) is 7.11 Å². The highest BCUT2D eigenvalue weighted by Gasteiger charge is 2.13. The molecule has 0 saturated carbocycles. The maximum atomic E-state index is 5.28. The van der Waals surface area contributed by atoms with Crippen LogP contribution in [0, 0.1) is 0 Å². The standard InChI is InChI=1S/C15H13Br3O/c1-19-12-6-7-14(17)13(9-12)15(18)8-10-2-4-11(16)5-3-10/h2-7,9,15H,8H2,1H3. The first-order valence-electron chi connectivity index (χ1n) is 5.82. The summed E-state index contributed by atoms with van der Waals surface area (Å²) < 4.78 is 7.47. The maximum Gasteiger partial charge on any atom is 0.119 e. The molecule has 4 heteroatoms. The molecule has 0 aliphatic heterocycles. The van der Waals surface area contributed by atoms with Crippen molar-refractivity contribution in [2.45, 2.75) is 11.2 Å². The van der Waals surface area contributed by atoms with Gasteiger partial charge in [0.2, 0.25) is 0 Å². The molecule has 2 aromatic carbocycles. The Labute approximate surface area is 138 Å². The molecule has 0 bridgehead atoms. The van der Waals surface area contributed by atoms with E-state index in [1.54, 1.807) is 7.11 Å². The SMILES string of the molecule is COc1ccc(Br)c(C(Br)Cc2ccc(Br)cc2)c1. The zero-order valence-corrected chi connectivity index (χ0v) is 15.1. The molecule has 0 heterocycles. The lowest BCUT2D eigenvalue weighted by Crippen LogP contribution is -1.97. The molecule has 1 atom stereocenters. The van der Waals surface area contributed by atoms with E-state index in [9.17, 15) is 0 Å². The van der Waals surface area contributed by atoms with E-state index in [1.807, 2.05) is 12.1 Å². The molecule has 0 aliphatic carbocycles. The minimum absolute atomic E-state index is 0.248. The first-order valence-corrected chi connectivity index (χ1v) is 8.32. The van der Waals surface area contributed by atoms with Crippen LogP contribution in [0.4, 0.5) is 0 Å². The van der Waals surface area contributed by atoms with Crippen molar-refractivity contribution < 1.29 is 4.74 Å². The fraction of sp³-hybridized carbons (Fsp3) is 0.200. The zero-order valence-electron chi connectivity index (χ0n) is 10.4. The van der Waals surface area contributed by atoms with E-state index in [0.717, 1.165) is 21.1 Å². The molecule has 0 spiro atoms. The monoisotopic (exact) mass is 446 g/mol. The van der Waals surface area contributed by atoms with Gasteiger partial charge in [-0.25, -0.2) is 0 Å². The Bertz CT molecular complexity index is 552. The number of methoxy groups -OCH3 is 1. The predicted octanol–water partition coefficient (Wildman–Crippen LogP) is 5.90. The fourth-order valence-electron chi connectivity index (χ4n) is 1.83. The molecule has 1 unspecified atom stereocenters. The third-order valence-electron chi connectivity index (χ3n) is 2.87. The molecule has 100 valence electrons. The summed E-state index contributed by atoms with van der Waals surface area (Å²) in [5, 5.41) is 0. The van der Waals surface area contributed by atoms with Crippen molar-refractivity contribution in [3.63, 3.8) is 0 Å². The molecule has 0 radical (unpaired) electrons. The summed E-state index contributed by atoms with van der Waals surface area (Å²) in [5.41, 5.74) is 2.49. The largest absolute Gasteiger partial charge is 0.497 e. The molecular weight excluding hydrogens is 436 g/mol. The van der Waals surface area contributed by atoms with Gasteiger partial charge in [-0.2, -0.15) is 0 Å². The molecule has 0 N–H and O–H groups in total. The molecule has 0 saturated heterocycles. The van der Waals surface area contributed by atoms with Crippen LogP contribution in [0.1, 0.15) is 16.0 Å². The van der Waals surface area contributed by atoms with E-state index in [-0.39, 0.29) is 4.83 Å². The minimum atomic E-state index is 0.248. The van der Waals surface area contributed by atoms with Crippen molar-refractivity contribution in [3.8, 4) is 5.75 Å². The minimum Gasteiger partial charge on any atom is -0.497 e. The molecule has 0 fully saturated rings. The summed E-state index contributed by atoms with van der Waals surface area (Å²) in [6, 6.07) is 14.4. The van der Waals surface area contributed by atoms with Gasteiger partial charge in [-0.3, -0.25) is 0 Å². The van der Waals surface area contributed by atoms with Gasteiger partial charge in [-0.05, 0) is 47.9 Å². The second-order valence-electron chi connectivity index (χ2n) is 4.19. The Hall–Kier alpha value is -0.320. The van der Waals surface area contributed by atoms with E-state index >= 15 is 0 Å². The quantitative estimate of drug-likeness (QED) is 0.529. The van der Waals surface area contributed by atoms with Gasteiger partial charge in [0.1, 0.15) is 5.75 Å². The summed E-state index contributed by atoms with van der Waals surface area (Å²) in [5.74, 6) is 0.874. The Morgan fingerprint density at radius 2 is 1.74 bits per heavy atom. The summed E-state index contributed by atoms with van der Waals surface area (Å²) in [6.07, 6.45) is 0.930. The number of alkyl halides is 1. The van der Waals surface area contributed by atoms with Crippen LogP contribution in [0.2, 0.25) is 0 Å². The first-order chi connectivity index (χ1) is 9.10. The van der Waals surface area contributed by atoms with Crippen LogP contribution in [0.3, 0.4) is 0 Å². The number of ether oxygens (including phenoxy) is 1. The average Bonchev–Trinajstić information content (AvgIpc) is 2.42. The maximum absolute atomic E-state index is 5.28. The highest BCUT2D eigenvalue weighted by Crippen LogP contribution is 2.35. The van der Waals surface area contributed by atoms with Gasteiger partial charge >= 0.3 is 0 Å². The van der Waals surface area contributed by atoms with Crippen LogP contribution in [0.5, 0.6) is 5.75 Å². The van der Waals surface area contributed by atoms with Crippen LogP contribution >= 0.6 is 47.8 Å². The van der Waals surface area contributed by atoms with Gasteiger partial charge in [0.05, 0.1) is 7.11 Å². The fourth-order valence-corrected chi connectivity index (χ4v) is 3.67. The summed E-state index contributed by atoms with van der Waals surface area (Å²) in [6.45, 7) is 0. The summed E-state index contributed by atoms with van der Waals surface area (Å²) in [7, 11) is 1.69. The average molecular weight is 449 g/mol. The summed E-state index contributed by atoms with van der Waals surface area (Å²) in [4.78, 5) is 0.248. The molecule has 19 heavy (non-hydrogen) atoms. The van der Waals surface area contributed by atoms with Crippen molar-refractivity contribution in [3.05, 3.63) is 62.5 Å². The lowest BCUT2D eigenvalue weighted by Gasteiger charge is -2.14. The lowest BCUT2D eigenvalue weighted by atomic mass is 10.0. The molecule has 2 aromatic rings. The van der Waals surface area contributed by atoms with Crippen LogP contribution in [0.25, 0.3) is 0 Å². The Kier molecular flexibility index (Phi) is 5.48. The second kappa shape index (κ2) is 6.91. The Morgan fingerprint density at radius 3 is 2.37 bits per heavy atom. The molecule has 1 nitrogen and oxygen atoms in total. The molecule has 0 aromatic heterocycles. The highest BCUT2D eigenvalue weighted by atomic mass is 79.9. The number of benzene rings is 2. The third-order valence-corrected chi connectivity index (χ3v) is 4.94. The predicted molar refractivity (Wildman–Crippen MR) is 90.2 cm³/mol. The lowest BCUT2D eigenvalue weighted by molar-refractivity contribution is 0.414. The van der Waals surface area contributed by atoms with E-state index in [1.165, 1.54) is 11.1 Å². The molecule has 0 amide bonds. The van der Waals surface area contributed by atoms with Crippen molar-refractivity contribution >= 4 is 47.8 Å². The van der Waals surface area contributed by atoms with Crippen LogP contribution < -0.4 is 4.74 Å². The summed E-state index contributed by atoms with van der Waals surface area (Å²) >= 11 is 10.8. The third kappa shape index (κ3) is 4.07. The number of hydrogen-bond donors (Lipinski definition) is 0. The number of halogens is 3. The van der Waals surface area contributed by atoms with E-state index < -0.39 is 0 Å². The van der Waals surface area contributed by atoms with Gasteiger partial charge in [0.15, 0.2) is 0 Å². The second-order valence-corrected chi connectivity index (χ2v) is 7.06. The van der Waals surface area contributed by atoms with Gasteiger partial charge in [0.25, 0.3) is 0 Å². The van der Waals surface area contributed by atoms with Crippen molar-refractivity contribution in [2.24, 2.45) is 0 Å². The van der Waals surface area contributed by atoms with E-state index in [2.05, 4.69) is 78.1 Å². The number of hydrogen-bond acceptors (Lipinski definition) is 1. The number of rotatable bonds is 4. The molecule has 2 rings (SSSR count). The van der Waals surface area contributed by atoms with E-state index in [4.69, 9.17) is 4.74 Å². The van der Waals surface area contributed by atoms with Gasteiger partial charge in [0, 0.05) is 13.8 Å². The van der Waals surface area contributed by atoms with Crippen LogP contribution in [-0.4, -0.2) is 7.11 Å². The zero-order chi connectivity index (χ0) is 13.8. The van der Waals surface area contributed by atoms with Crippen molar-refractivity contribution in [1.82, 2.24) is 0 Å². The highest BCUT2D eigenvalue weighted by molar-refractivity contribution is 9.11. The van der Waals surface area contributed by atoms with E-state index in [0.29, 0.717) is 0 Å². The van der Waals surface area contributed by atoms with Crippen LogP contribution in [-0.2, 0) is 6.42 Å².